The lowest BCUT2D eigenvalue weighted by molar-refractivity contribution is -0.137. The highest BCUT2D eigenvalue weighted by Gasteiger charge is 2.52. The normalized spacial score (nSPS) is 32.4. The minimum atomic E-state index is -1.02. The van der Waals surface area contributed by atoms with E-state index < -0.39 is 29.9 Å². The third-order valence-corrected chi connectivity index (χ3v) is 2.45. The van der Waals surface area contributed by atoms with Crippen molar-refractivity contribution in [2.75, 3.05) is 0 Å². The van der Waals surface area contributed by atoms with Crippen molar-refractivity contribution in [3.63, 3.8) is 0 Å². The molecule has 8 heteroatoms. The van der Waals surface area contributed by atoms with Crippen LogP contribution in [0.3, 0.4) is 0 Å². The molecule has 0 aromatic carbocycles. The Kier molecular flexibility index (Phi) is 1.92. The Labute approximate surface area is 84.4 Å². The number of carbonyl (C=O) groups excluding carboxylic acids is 2. The molecular weight excluding hydrogens is 204 g/mol. The molecule has 2 fully saturated rings. The zero-order valence-corrected chi connectivity index (χ0v) is 7.66. The van der Waals surface area contributed by atoms with Gasteiger partial charge in [-0.3, -0.25) is 4.79 Å². The molecule has 2 rings (SSSR count). The number of carboxylic acids is 1. The van der Waals surface area contributed by atoms with Gasteiger partial charge in [0.25, 0.3) is 0 Å². The standard InChI is InChI=1S/C7H10N4O4/c12-3(13)1-2-7-4(8-5(14)10-7)9-6(15)11-7/h4H,1-2H2,(H,12,13)(H2,8,10,14)(H2,9,11,15). The highest BCUT2D eigenvalue weighted by Crippen LogP contribution is 2.21. The van der Waals surface area contributed by atoms with Crippen molar-refractivity contribution < 1.29 is 19.5 Å². The molecule has 0 spiro atoms. The van der Waals surface area contributed by atoms with E-state index in [2.05, 4.69) is 21.3 Å². The Morgan fingerprint density at radius 2 is 1.80 bits per heavy atom. The van der Waals surface area contributed by atoms with Crippen LogP contribution in [0.2, 0.25) is 0 Å². The molecule has 5 N–H and O–H groups in total. The number of fused-ring (bicyclic) bond motifs is 1. The van der Waals surface area contributed by atoms with Crippen LogP contribution in [0.5, 0.6) is 0 Å². The van der Waals surface area contributed by atoms with Gasteiger partial charge < -0.3 is 26.4 Å². The SMILES string of the molecule is O=C(O)CCC12NC(=O)NC1NC(=O)N2. The Balaban J connectivity index is 2.11. The van der Waals surface area contributed by atoms with Crippen molar-refractivity contribution in [2.45, 2.75) is 24.7 Å². The monoisotopic (exact) mass is 214 g/mol. The number of carboxylic acid groups (broad SMARTS) is 1. The maximum absolute atomic E-state index is 11.1. The minimum Gasteiger partial charge on any atom is -0.481 e. The van der Waals surface area contributed by atoms with Crippen molar-refractivity contribution in [1.82, 2.24) is 21.3 Å². The smallest absolute Gasteiger partial charge is 0.318 e. The molecule has 0 aromatic heterocycles. The van der Waals surface area contributed by atoms with Gasteiger partial charge in [0.15, 0.2) is 5.66 Å². The second-order valence-corrected chi connectivity index (χ2v) is 3.50. The molecule has 2 aliphatic rings. The van der Waals surface area contributed by atoms with Crippen molar-refractivity contribution in [1.29, 1.82) is 0 Å². The summed E-state index contributed by atoms with van der Waals surface area (Å²) in [6.45, 7) is 0. The first-order valence-corrected chi connectivity index (χ1v) is 4.41. The molecule has 4 amide bonds. The quantitative estimate of drug-likeness (QED) is 0.392. The number of amides is 4. The van der Waals surface area contributed by atoms with E-state index in [0.29, 0.717) is 0 Å². The molecule has 2 heterocycles. The molecule has 15 heavy (non-hydrogen) atoms. The van der Waals surface area contributed by atoms with Crippen LogP contribution >= 0.6 is 0 Å². The minimum absolute atomic E-state index is 0.129. The van der Waals surface area contributed by atoms with Gasteiger partial charge in [0, 0.05) is 12.8 Å². The van der Waals surface area contributed by atoms with Crippen LogP contribution < -0.4 is 21.3 Å². The molecule has 0 saturated carbocycles. The third kappa shape index (κ3) is 1.53. The number of urea groups is 2. The Morgan fingerprint density at radius 3 is 2.27 bits per heavy atom. The van der Waals surface area contributed by atoms with Gasteiger partial charge in [0.1, 0.15) is 6.17 Å². The fourth-order valence-corrected chi connectivity index (χ4v) is 1.77. The summed E-state index contributed by atoms with van der Waals surface area (Å²) >= 11 is 0. The summed E-state index contributed by atoms with van der Waals surface area (Å²) in [5.41, 5.74) is -1.02. The molecule has 0 atom stereocenters. The summed E-state index contributed by atoms with van der Waals surface area (Å²) in [5, 5.41) is 18.5. The topological polar surface area (TPSA) is 120 Å². The lowest BCUT2D eigenvalue weighted by atomic mass is 10.0. The summed E-state index contributed by atoms with van der Waals surface area (Å²) in [6.07, 6.45) is -0.609. The van der Waals surface area contributed by atoms with E-state index >= 15 is 0 Å². The van der Waals surface area contributed by atoms with Gasteiger partial charge in [-0.25, -0.2) is 9.59 Å². The summed E-state index contributed by atoms with van der Waals surface area (Å²) in [4.78, 5) is 32.5. The van der Waals surface area contributed by atoms with Crippen LogP contribution in [-0.2, 0) is 4.79 Å². The van der Waals surface area contributed by atoms with Gasteiger partial charge in [-0.2, -0.15) is 0 Å². The number of nitrogens with one attached hydrogen (secondary N) is 4. The van der Waals surface area contributed by atoms with Gasteiger partial charge >= 0.3 is 18.0 Å². The second-order valence-electron chi connectivity index (χ2n) is 3.50. The van der Waals surface area contributed by atoms with Crippen LogP contribution in [-0.4, -0.2) is 35.0 Å². The molecule has 82 valence electrons. The number of hydrogen-bond donors (Lipinski definition) is 5. The summed E-state index contributed by atoms with van der Waals surface area (Å²) in [6, 6.07) is -0.865. The van der Waals surface area contributed by atoms with Crippen molar-refractivity contribution in [2.24, 2.45) is 0 Å². The number of carbonyl (C=O) groups is 3. The maximum Gasteiger partial charge on any atom is 0.318 e. The highest BCUT2D eigenvalue weighted by atomic mass is 16.4. The first-order chi connectivity index (χ1) is 7.02. The van der Waals surface area contributed by atoms with Gasteiger partial charge in [-0.05, 0) is 0 Å². The Morgan fingerprint density at radius 1 is 1.27 bits per heavy atom. The van der Waals surface area contributed by atoms with E-state index in [1.807, 2.05) is 0 Å². The van der Waals surface area contributed by atoms with E-state index in [0.717, 1.165) is 0 Å². The van der Waals surface area contributed by atoms with E-state index in [1.54, 1.807) is 0 Å². The third-order valence-electron chi connectivity index (χ3n) is 2.45. The number of rotatable bonds is 3. The van der Waals surface area contributed by atoms with E-state index in [1.165, 1.54) is 0 Å². The van der Waals surface area contributed by atoms with E-state index in [4.69, 9.17) is 5.11 Å². The van der Waals surface area contributed by atoms with Crippen LogP contribution in [0.1, 0.15) is 12.8 Å². The van der Waals surface area contributed by atoms with Crippen molar-refractivity contribution >= 4 is 18.0 Å². The maximum atomic E-state index is 11.1. The first kappa shape index (κ1) is 9.56. The van der Waals surface area contributed by atoms with Gasteiger partial charge in [-0.1, -0.05) is 0 Å². The van der Waals surface area contributed by atoms with Gasteiger partial charge in [0.2, 0.25) is 0 Å². The summed E-state index contributed by atoms with van der Waals surface area (Å²) in [7, 11) is 0. The average molecular weight is 214 g/mol. The highest BCUT2D eigenvalue weighted by molar-refractivity contribution is 5.86. The van der Waals surface area contributed by atoms with Crippen LogP contribution in [0.25, 0.3) is 0 Å². The fraction of sp³-hybridized carbons (Fsp3) is 0.571. The van der Waals surface area contributed by atoms with Crippen LogP contribution in [0.4, 0.5) is 9.59 Å². The van der Waals surface area contributed by atoms with E-state index in [9.17, 15) is 14.4 Å². The first-order valence-electron chi connectivity index (χ1n) is 4.41. The van der Waals surface area contributed by atoms with Crippen molar-refractivity contribution in [3.8, 4) is 0 Å². The molecule has 0 aliphatic carbocycles. The molecule has 0 unspecified atom stereocenters. The lowest BCUT2D eigenvalue weighted by Crippen LogP contribution is -2.56. The fourth-order valence-electron chi connectivity index (χ4n) is 1.77. The van der Waals surface area contributed by atoms with Crippen LogP contribution in [0, 0.1) is 0 Å². The van der Waals surface area contributed by atoms with Crippen LogP contribution in [0.15, 0.2) is 0 Å². The molecule has 0 radical (unpaired) electrons. The molecule has 2 saturated heterocycles. The van der Waals surface area contributed by atoms with E-state index in [-0.39, 0.29) is 12.8 Å². The molecular formula is C7H10N4O4. The zero-order valence-electron chi connectivity index (χ0n) is 7.66. The number of aliphatic carboxylic acids is 1. The largest absolute Gasteiger partial charge is 0.481 e. The molecule has 2 aliphatic heterocycles. The lowest BCUT2D eigenvalue weighted by Gasteiger charge is -2.25. The predicted octanol–water partition coefficient (Wildman–Crippen LogP) is -1.50. The second kappa shape index (κ2) is 3.01. The summed E-state index contributed by atoms with van der Waals surface area (Å²) < 4.78 is 0. The molecule has 0 aromatic rings. The predicted molar refractivity (Wildman–Crippen MR) is 46.7 cm³/mol. The molecule has 8 nitrogen and oxygen atoms in total. The zero-order chi connectivity index (χ0) is 11.1. The average Bonchev–Trinajstić information content (AvgIpc) is 2.53. The number of hydrogen-bond acceptors (Lipinski definition) is 3. The Hall–Kier alpha value is -1.99. The summed E-state index contributed by atoms with van der Waals surface area (Å²) in [5.74, 6) is -0.981. The van der Waals surface area contributed by atoms with Gasteiger partial charge in [0.05, 0.1) is 0 Å². The molecule has 0 bridgehead atoms. The van der Waals surface area contributed by atoms with Crippen molar-refractivity contribution in [3.05, 3.63) is 0 Å². The Bertz CT molecular complexity index is 322. The van der Waals surface area contributed by atoms with Gasteiger partial charge in [-0.15, -0.1) is 0 Å².